The summed E-state index contributed by atoms with van der Waals surface area (Å²) < 4.78 is 7.18. The van der Waals surface area contributed by atoms with Crippen LogP contribution in [0.2, 0.25) is 0 Å². The van der Waals surface area contributed by atoms with Crippen LogP contribution in [0.15, 0.2) is 66.2 Å². The van der Waals surface area contributed by atoms with Gasteiger partial charge in [-0.15, -0.1) is 11.3 Å². The first-order chi connectivity index (χ1) is 15.6. The van der Waals surface area contributed by atoms with Gasteiger partial charge in [-0.3, -0.25) is 9.20 Å². The largest absolute Gasteiger partial charge is 0.497 e. The molecule has 1 N–H and O–H groups in total. The van der Waals surface area contributed by atoms with Crippen LogP contribution in [0.3, 0.4) is 0 Å². The minimum absolute atomic E-state index is 0.113. The fraction of sp³-hybridized carbons (Fsp3) is 0.125. The average molecular weight is 461 g/mol. The molecule has 0 spiro atoms. The van der Waals surface area contributed by atoms with E-state index in [0.29, 0.717) is 11.4 Å². The van der Waals surface area contributed by atoms with Crippen molar-refractivity contribution in [3.63, 3.8) is 0 Å². The molecule has 32 heavy (non-hydrogen) atoms. The van der Waals surface area contributed by atoms with Gasteiger partial charge in [-0.2, -0.15) is 0 Å². The third-order valence-electron chi connectivity index (χ3n) is 5.15. The highest BCUT2D eigenvalue weighted by atomic mass is 32.1. The first-order valence-corrected chi connectivity index (χ1v) is 11.7. The van der Waals surface area contributed by atoms with Crippen molar-refractivity contribution in [3.8, 4) is 27.6 Å². The number of aryl methyl sites for hydroxylation is 1. The van der Waals surface area contributed by atoms with Gasteiger partial charge in [0.05, 0.1) is 25.0 Å². The molecule has 0 saturated heterocycles. The van der Waals surface area contributed by atoms with Crippen LogP contribution < -0.4 is 10.1 Å². The summed E-state index contributed by atoms with van der Waals surface area (Å²) in [4.78, 5) is 23.6. The van der Waals surface area contributed by atoms with E-state index >= 15 is 0 Å². The zero-order valence-corrected chi connectivity index (χ0v) is 19.2. The van der Waals surface area contributed by atoms with Crippen LogP contribution in [0.5, 0.6) is 5.75 Å². The number of carbonyl (C=O) groups excluding carboxylic acids is 1. The van der Waals surface area contributed by atoms with Crippen molar-refractivity contribution in [3.05, 3.63) is 82.4 Å². The highest BCUT2D eigenvalue weighted by Crippen LogP contribution is 2.28. The number of carbonyl (C=O) groups is 1. The van der Waals surface area contributed by atoms with Gasteiger partial charge in [0.25, 0.3) is 5.91 Å². The van der Waals surface area contributed by atoms with E-state index in [2.05, 4.69) is 10.3 Å². The van der Waals surface area contributed by atoms with Crippen LogP contribution >= 0.6 is 22.7 Å². The molecule has 0 fully saturated rings. The maximum atomic E-state index is 12.8. The Morgan fingerprint density at radius 1 is 1.06 bits per heavy atom. The van der Waals surface area contributed by atoms with Crippen LogP contribution in [-0.2, 0) is 6.54 Å². The van der Waals surface area contributed by atoms with Crippen molar-refractivity contribution >= 4 is 33.5 Å². The summed E-state index contributed by atoms with van der Waals surface area (Å²) in [7, 11) is 1.65. The van der Waals surface area contributed by atoms with E-state index in [9.17, 15) is 4.79 Å². The number of nitrogens with zero attached hydrogens (tertiary/aromatic N) is 3. The molecular weight excluding hydrogens is 440 g/mol. The predicted octanol–water partition coefficient (Wildman–Crippen LogP) is 5.43. The molecule has 0 bridgehead atoms. The molecule has 1 amide bonds. The molecule has 0 aliphatic rings. The van der Waals surface area contributed by atoms with Crippen LogP contribution in [0.25, 0.3) is 26.8 Å². The van der Waals surface area contributed by atoms with Crippen LogP contribution in [0.1, 0.15) is 21.1 Å². The summed E-state index contributed by atoms with van der Waals surface area (Å²) >= 11 is 2.97. The fourth-order valence-corrected chi connectivity index (χ4v) is 5.27. The molecule has 3 aromatic heterocycles. The zero-order chi connectivity index (χ0) is 22.1. The number of hydrogen-bond acceptors (Lipinski definition) is 6. The van der Waals surface area contributed by atoms with Gasteiger partial charge >= 0.3 is 0 Å². The quantitative estimate of drug-likeness (QED) is 0.367. The second kappa shape index (κ2) is 8.57. The van der Waals surface area contributed by atoms with Gasteiger partial charge in [0.2, 0.25) is 0 Å². The van der Waals surface area contributed by atoms with Crippen LogP contribution in [0.4, 0.5) is 0 Å². The number of nitrogens with one attached hydrogen (secondary N) is 1. The summed E-state index contributed by atoms with van der Waals surface area (Å²) in [5, 5.41) is 5.93. The minimum atomic E-state index is -0.113. The van der Waals surface area contributed by atoms with E-state index in [1.165, 1.54) is 11.3 Å². The average Bonchev–Trinajstić information content (AvgIpc) is 3.55. The summed E-state index contributed by atoms with van der Waals surface area (Å²) in [6.45, 7) is 2.33. The molecule has 160 valence electrons. The normalized spacial score (nSPS) is 11.1. The van der Waals surface area contributed by atoms with E-state index in [1.807, 2.05) is 77.5 Å². The molecule has 6 nitrogen and oxygen atoms in total. The van der Waals surface area contributed by atoms with Crippen LogP contribution in [-0.4, -0.2) is 27.4 Å². The summed E-state index contributed by atoms with van der Waals surface area (Å²) in [5.41, 5.74) is 4.67. The summed E-state index contributed by atoms with van der Waals surface area (Å²) in [6, 6.07) is 17.8. The number of methoxy groups -OCH3 is 1. The van der Waals surface area contributed by atoms with Gasteiger partial charge in [-0.1, -0.05) is 41.7 Å². The highest BCUT2D eigenvalue weighted by molar-refractivity contribution is 7.19. The molecule has 0 atom stereocenters. The van der Waals surface area contributed by atoms with Gasteiger partial charge in [0, 0.05) is 28.4 Å². The number of thiazole rings is 2. The van der Waals surface area contributed by atoms with E-state index < -0.39 is 0 Å². The van der Waals surface area contributed by atoms with E-state index in [1.54, 1.807) is 18.4 Å². The molecule has 0 saturated carbocycles. The number of aromatic nitrogens is 3. The Hall–Kier alpha value is -3.49. The van der Waals surface area contributed by atoms with Gasteiger partial charge in [-0.25, -0.2) is 9.97 Å². The Morgan fingerprint density at radius 2 is 1.84 bits per heavy atom. The smallest absolute Gasteiger partial charge is 0.263 e. The lowest BCUT2D eigenvalue weighted by atomic mass is 10.2. The number of imidazole rings is 1. The first kappa shape index (κ1) is 20.4. The van der Waals surface area contributed by atoms with Gasteiger partial charge < -0.3 is 10.1 Å². The third kappa shape index (κ3) is 3.90. The Kier molecular flexibility index (Phi) is 5.46. The first-order valence-electron chi connectivity index (χ1n) is 10.0. The second-order valence-electron chi connectivity index (χ2n) is 7.22. The van der Waals surface area contributed by atoms with Crippen molar-refractivity contribution in [2.24, 2.45) is 0 Å². The van der Waals surface area contributed by atoms with Gasteiger partial charge in [0.15, 0.2) is 4.96 Å². The minimum Gasteiger partial charge on any atom is -0.497 e. The molecular formula is C24H20N4O2S2. The van der Waals surface area contributed by atoms with E-state index in [4.69, 9.17) is 9.72 Å². The van der Waals surface area contributed by atoms with E-state index in [0.717, 1.165) is 43.9 Å². The fourth-order valence-electron chi connectivity index (χ4n) is 3.41. The molecule has 0 aliphatic carbocycles. The zero-order valence-electron chi connectivity index (χ0n) is 17.5. The lowest BCUT2D eigenvalue weighted by molar-refractivity contribution is 0.0953. The van der Waals surface area contributed by atoms with Crippen molar-refractivity contribution < 1.29 is 9.53 Å². The van der Waals surface area contributed by atoms with Crippen molar-refractivity contribution in [1.82, 2.24) is 19.7 Å². The Morgan fingerprint density at radius 3 is 2.56 bits per heavy atom. The number of hydrogen-bond donors (Lipinski definition) is 1. The van der Waals surface area contributed by atoms with Crippen LogP contribution in [0, 0.1) is 6.92 Å². The Bertz CT molecular complexity index is 1380. The Balaban J connectivity index is 1.30. The SMILES string of the molecule is COc1ccc(-c2cn3c(C)c(C(=O)NCc4csc(-c5ccccc5)n4)sc3n2)cc1. The topological polar surface area (TPSA) is 68.5 Å². The lowest BCUT2D eigenvalue weighted by Crippen LogP contribution is -2.22. The maximum Gasteiger partial charge on any atom is 0.263 e. The Labute approximate surface area is 193 Å². The number of rotatable bonds is 6. The lowest BCUT2D eigenvalue weighted by Gasteiger charge is -2.03. The number of benzene rings is 2. The van der Waals surface area contributed by atoms with Crippen molar-refractivity contribution in [2.45, 2.75) is 13.5 Å². The highest BCUT2D eigenvalue weighted by Gasteiger charge is 2.18. The molecule has 5 aromatic rings. The number of fused-ring (bicyclic) bond motifs is 1. The number of ether oxygens (including phenoxy) is 1. The summed E-state index contributed by atoms with van der Waals surface area (Å²) in [6.07, 6.45) is 1.96. The van der Waals surface area contributed by atoms with Gasteiger partial charge in [0.1, 0.15) is 15.6 Å². The number of amides is 1. The molecule has 3 heterocycles. The van der Waals surface area contributed by atoms with Crippen molar-refractivity contribution in [1.29, 1.82) is 0 Å². The molecule has 0 unspecified atom stereocenters. The predicted molar refractivity (Wildman–Crippen MR) is 129 cm³/mol. The molecule has 0 aliphatic heterocycles. The molecule has 8 heteroatoms. The molecule has 5 rings (SSSR count). The molecule has 0 radical (unpaired) electrons. The maximum absolute atomic E-state index is 12.8. The molecule has 2 aromatic carbocycles. The van der Waals surface area contributed by atoms with Crippen molar-refractivity contribution in [2.75, 3.05) is 7.11 Å². The second-order valence-corrected chi connectivity index (χ2v) is 9.05. The summed E-state index contributed by atoms with van der Waals surface area (Å²) in [5.74, 6) is 0.694. The standard InChI is InChI=1S/C24H20N4O2S2/c1-15-21(22(29)25-12-18-14-31-23(26-18)17-6-4-3-5-7-17)32-24-27-20(13-28(15)24)16-8-10-19(30-2)11-9-16/h3-11,13-14H,12H2,1-2H3,(H,25,29). The monoisotopic (exact) mass is 460 g/mol. The van der Waals surface area contributed by atoms with Gasteiger partial charge in [-0.05, 0) is 31.2 Å². The van der Waals surface area contributed by atoms with E-state index in [-0.39, 0.29) is 5.91 Å². The third-order valence-corrected chi connectivity index (χ3v) is 7.25.